The second-order valence-corrected chi connectivity index (χ2v) is 5.96. The van der Waals surface area contributed by atoms with Crippen molar-refractivity contribution in [2.45, 2.75) is 45.1 Å². The van der Waals surface area contributed by atoms with Crippen LogP contribution < -0.4 is 5.32 Å². The summed E-state index contributed by atoms with van der Waals surface area (Å²) < 4.78 is 14.0. The molecule has 21 heavy (non-hydrogen) atoms. The van der Waals surface area contributed by atoms with Gasteiger partial charge in [0.15, 0.2) is 0 Å². The summed E-state index contributed by atoms with van der Waals surface area (Å²) in [7, 11) is 0. The van der Waals surface area contributed by atoms with Crippen molar-refractivity contribution in [2.24, 2.45) is 5.92 Å². The normalized spacial score (nSPS) is 25.4. The molecule has 114 valence electrons. The Balaban J connectivity index is 2.23. The molecule has 0 saturated heterocycles. The number of halogens is 1. The number of carboxylic acids is 1. The molecule has 1 aliphatic carbocycles. The quantitative estimate of drug-likeness (QED) is 0.900. The third-order valence-electron chi connectivity index (χ3n) is 4.33. The van der Waals surface area contributed by atoms with Gasteiger partial charge < -0.3 is 10.4 Å². The number of carbonyl (C=O) groups excluding carboxylic acids is 1. The fourth-order valence-electron chi connectivity index (χ4n) is 2.75. The predicted molar refractivity (Wildman–Crippen MR) is 76.6 cm³/mol. The highest BCUT2D eigenvalue weighted by Crippen LogP contribution is 2.32. The molecule has 0 spiro atoms. The maximum Gasteiger partial charge on any atom is 0.329 e. The van der Waals surface area contributed by atoms with Crippen LogP contribution >= 0.6 is 0 Å². The van der Waals surface area contributed by atoms with Crippen molar-refractivity contribution in [2.75, 3.05) is 0 Å². The molecule has 1 aliphatic rings. The van der Waals surface area contributed by atoms with Crippen LogP contribution in [0.1, 0.15) is 48.5 Å². The summed E-state index contributed by atoms with van der Waals surface area (Å²) in [5.74, 6) is -1.85. The first-order valence-corrected chi connectivity index (χ1v) is 7.17. The van der Waals surface area contributed by atoms with Gasteiger partial charge in [-0.1, -0.05) is 19.1 Å². The van der Waals surface area contributed by atoms with Crippen LogP contribution in [0.4, 0.5) is 4.39 Å². The lowest BCUT2D eigenvalue weighted by atomic mass is 9.77. The first-order chi connectivity index (χ1) is 9.85. The molecule has 1 aromatic carbocycles. The van der Waals surface area contributed by atoms with Crippen molar-refractivity contribution in [3.05, 3.63) is 35.1 Å². The number of amides is 1. The summed E-state index contributed by atoms with van der Waals surface area (Å²) in [4.78, 5) is 23.9. The van der Waals surface area contributed by atoms with Gasteiger partial charge in [-0.15, -0.1) is 0 Å². The van der Waals surface area contributed by atoms with E-state index in [0.717, 1.165) is 12.8 Å². The summed E-state index contributed by atoms with van der Waals surface area (Å²) in [5, 5.41) is 12.0. The van der Waals surface area contributed by atoms with Gasteiger partial charge in [-0.05, 0) is 50.2 Å². The van der Waals surface area contributed by atoms with Crippen molar-refractivity contribution >= 4 is 11.9 Å². The Hall–Kier alpha value is -1.91. The zero-order valence-electron chi connectivity index (χ0n) is 12.3. The molecule has 1 amide bonds. The standard InChI is InChI=1S/C16H20FNO3/c1-10-6-8-16(9-7-10,15(20)21)18-14(19)12-5-3-4-11(2)13(12)17/h3-5,10H,6-9H2,1-2H3,(H,18,19)(H,20,21). The highest BCUT2D eigenvalue weighted by molar-refractivity contribution is 5.98. The smallest absolute Gasteiger partial charge is 0.329 e. The molecule has 1 aromatic rings. The van der Waals surface area contributed by atoms with Crippen LogP contribution in [0.25, 0.3) is 0 Å². The Kier molecular flexibility index (Phi) is 4.30. The molecule has 4 nitrogen and oxygen atoms in total. The van der Waals surface area contributed by atoms with Gasteiger partial charge in [0, 0.05) is 0 Å². The van der Waals surface area contributed by atoms with Crippen molar-refractivity contribution in [3.63, 3.8) is 0 Å². The number of rotatable bonds is 3. The number of carboxylic acid groups (broad SMARTS) is 1. The van der Waals surface area contributed by atoms with E-state index in [1.165, 1.54) is 6.07 Å². The average Bonchev–Trinajstić information content (AvgIpc) is 2.44. The van der Waals surface area contributed by atoms with Crippen molar-refractivity contribution in [1.29, 1.82) is 0 Å². The maximum absolute atomic E-state index is 14.0. The molecular formula is C16H20FNO3. The van der Waals surface area contributed by atoms with Gasteiger partial charge in [0.2, 0.25) is 0 Å². The molecule has 0 unspecified atom stereocenters. The Morgan fingerprint density at radius 1 is 1.33 bits per heavy atom. The molecule has 1 saturated carbocycles. The number of carbonyl (C=O) groups is 2. The van der Waals surface area contributed by atoms with Crippen LogP contribution in [-0.2, 0) is 4.79 Å². The molecule has 1 fully saturated rings. The summed E-state index contributed by atoms with van der Waals surface area (Å²) in [5.41, 5.74) is -1.02. The molecule has 0 aliphatic heterocycles. The second-order valence-electron chi connectivity index (χ2n) is 5.96. The number of benzene rings is 1. The molecule has 2 rings (SSSR count). The van der Waals surface area contributed by atoms with Crippen LogP contribution in [0.15, 0.2) is 18.2 Å². The van der Waals surface area contributed by atoms with Gasteiger partial charge in [0.1, 0.15) is 11.4 Å². The molecule has 0 bridgehead atoms. The second kappa shape index (κ2) is 5.84. The molecule has 5 heteroatoms. The van der Waals surface area contributed by atoms with E-state index in [2.05, 4.69) is 12.2 Å². The van der Waals surface area contributed by atoms with Crippen LogP contribution in [0.2, 0.25) is 0 Å². The van der Waals surface area contributed by atoms with E-state index in [1.54, 1.807) is 19.1 Å². The third-order valence-corrected chi connectivity index (χ3v) is 4.33. The van der Waals surface area contributed by atoms with E-state index in [4.69, 9.17) is 0 Å². The molecule has 0 aromatic heterocycles. The van der Waals surface area contributed by atoms with Crippen LogP contribution in [0, 0.1) is 18.7 Å². The third kappa shape index (κ3) is 3.06. The van der Waals surface area contributed by atoms with E-state index >= 15 is 0 Å². The fourth-order valence-corrected chi connectivity index (χ4v) is 2.75. The SMILES string of the molecule is Cc1cccc(C(=O)NC2(C(=O)O)CCC(C)CC2)c1F. The van der Waals surface area contributed by atoms with E-state index < -0.39 is 23.2 Å². The lowest BCUT2D eigenvalue weighted by molar-refractivity contribution is -0.146. The minimum atomic E-state index is -1.28. The topological polar surface area (TPSA) is 66.4 Å². The highest BCUT2D eigenvalue weighted by Gasteiger charge is 2.42. The number of hydrogen-bond acceptors (Lipinski definition) is 2. The largest absolute Gasteiger partial charge is 0.480 e. The Labute approximate surface area is 123 Å². The summed E-state index contributed by atoms with van der Waals surface area (Å²) in [6.07, 6.45) is 2.23. The van der Waals surface area contributed by atoms with Gasteiger partial charge in [-0.3, -0.25) is 4.79 Å². The first kappa shape index (κ1) is 15.5. The number of aryl methyl sites for hydroxylation is 1. The monoisotopic (exact) mass is 293 g/mol. The summed E-state index contributed by atoms with van der Waals surface area (Å²) >= 11 is 0. The zero-order valence-corrected chi connectivity index (χ0v) is 12.3. The van der Waals surface area contributed by atoms with Gasteiger partial charge in [0.05, 0.1) is 5.56 Å². The molecular weight excluding hydrogens is 273 g/mol. The number of hydrogen-bond donors (Lipinski definition) is 2. The fraction of sp³-hybridized carbons (Fsp3) is 0.500. The van der Waals surface area contributed by atoms with Crippen LogP contribution in [0.3, 0.4) is 0 Å². The highest BCUT2D eigenvalue weighted by atomic mass is 19.1. The molecule has 2 N–H and O–H groups in total. The molecule has 0 radical (unpaired) electrons. The lowest BCUT2D eigenvalue weighted by Crippen LogP contribution is -2.56. The summed E-state index contributed by atoms with van der Waals surface area (Å²) in [6.45, 7) is 3.63. The summed E-state index contributed by atoms with van der Waals surface area (Å²) in [6, 6.07) is 4.53. The number of nitrogens with one attached hydrogen (secondary N) is 1. The van der Waals surface area contributed by atoms with Crippen molar-refractivity contribution < 1.29 is 19.1 Å². The van der Waals surface area contributed by atoms with E-state index in [1.807, 2.05) is 0 Å². The van der Waals surface area contributed by atoms with E-state index in [9.17, 15) is 19.1 Å². The van der Waals surface area contributed by atoms with Crippen molar-refractivity contribution in [3.8, 4) is 0 Å². The molecule has 0 heterocycles. The number of aliphatic carboxylic acids is 1. The van der Waals surface area contributed by atoms with Crippen LogP contribution in [-0.4, -0.2) is 22.5 Å². The predicted octanol–water partition coefficient (Wildman–Crippen LogP) is 2.90. The minimum absolute atomic E-state index is 0.103. The Morgan fingerprint density at radius 2 is 1.95 bits per heavy atom. The first-order valence-electron chi connectivity index (χ1n) is 7.17. The Bertz CT molecular complexity index is 563. The molecule has 0 atom stereocenters. The van der Waals surface area contributed by atoms with E-state index in [0.29, 0.717) is 24.3 Å². The maximum atomic E-state index is 14.0. The van der Waals surface area contributed by atoms with Crippen LogP contribution in [0.5, 0.6) is 0 Å². The van der Waals surface area contributed by atoms with Gasteiger partial charge >= 0.3 is 5.97 Å². The van der Waals surface area contributed by atoms with E-state index in [-0.39, 0.29) is 5.56 Å². The lowest BCUT2D eigenvalue weighted by Gasteiger charge is -2.36. The minimum Gasteiger partial charge on any atom is -0.480 e. The van der Waals surface area contributed by atoms with Gasteiger partial charge in [-0.25, -0.2) is 9.18 Å². The van der Waals surface area contributed by atoms with Crippen molar-refractivity contribution in [1.82, 2.24) is 5.32 Å². The average molecular weight is 293 g/mol. The van der Waals surface area contributed by atoms with Gasteiger partial charge in [0.25, 0.3) is 5.91 Å². The zero-order chi connectivity index (χ0) is 15.6. The van der Waals surface area contributed by atoms with Gasteiger partial charge in [-0.2, -0.15) is 0 Å². The Morgan fingerprint density at radius 3 is 2.52 bits per heavy atom.